The van der Waals surface area contributed by atoms with Crippen molar-refractivity contribution < 1.29 is 8.81 Å². The number of H-pyrrole nitrogens is 1. The number of aromatic amines is 1. The summed E-state index contributed by atoms with van der Waals surface area (Å²) < 4.78 is 20.9. The van der Waals surface area contributed by atoms with Crippen molar-refractivity contribution in [2.45, 2.75) is 32.6 Å². The lowest BCUT2D eigenvalue weighted by atomic mass is 10.0. The second-order valence-corrected chi connectivity index (χ2v) is 9.71. The summed E-state index contributed by atoms with van der Waals surface area (Å²) >= 11 is 0. The van der Waals surface area contributed by atoms with Crippen LogP contribution in [0.1, 0.15) is 39.9 Å². The minimum absolute atomic E-state index is 0.241. The Balaban J connectivity index is 1.51. The predicted octanol–water partition coefficient (Wildman–Crippen LogP) is 4.79. The van der Waals surface area contributed by atoms with Crippen LogP contribution in [-0.4, -0.2) is 35.1 Å². The van der Waals surface area contributed by atoms with Crippen LogP contribution in [0.15, 0.2) is 101 Å². The Bertz CT molecular complexity index is 1780. The van der Waals surface area contributed by atoms with Gasteiger partial charge in [0.25, 0.3) is 5.56 Å². The van der Waals surface area contributed by atoms with Gasteiger partial charge in [-0.25, -0.2) is 9.07 Å². The minimum atomic E-state index is -0.657. The number of hydrogen-bond donors (Lipinski definition) is 1. The number of pyridine rings is 2. The first-order valence-electron chi connectivity index (χ1n) is 12.8. The van der Waals surface area contributed by atoms with Crippen LogP contribution in [0.2, 0.25) is 0 Å². The van der Waals surface area contributed by atoms with E-state index in [2.05, 4.69) is 30.4 Å². The molecule has 0 aliphatic carbocycles. The molecule has 0 radical (unpaired) electrons. The maximum atomic E-state index is 13.7. The van der Waals surface area contributed by atoms with E-state index in [0.29, 0.717) is 31.0 Å². The van der Waals surface area contributed by atoms with E-state index >= 15 is 0 Å². The number of nitrogens with zero attached hydrogens (tertiary/aromatic N) is 6. The van der Waals surface area contributed by atoms with Crippen molar-refractivity contribution >= 4 is 10.9 Å². The Hall–Kier alpha value is -4.96. The molecule has 0 unspecified atom stereocenters. The largest absolute Gasteiger partial charge is 0.468 e. The lowest BCUT2D eigenvalue weighted by molar-refractivity contribution is 0.179. The van der Waals surface area contributed by atoms with Crippen molar-refractivity contribution in [3.8, 4) is 0 Å². The molecule has 0 amide bonds. The summed E-state index contributed by atoms with van der Waals surface area (Å²) in [6.07, 6.45) is 5.13. The Kier molecular flexibility index (Phi) is 6.98. The molecule has 40 heavy (non-hydrogen) atoms. The van der Waals surface area contributed by atoms with Gasteiger partial charge in [-0.15, -0.1) is 5.10 Å². The van der Waals surface area contributed by atoms with Crippen LogP contribution in [-0.2, 0) is 19.6 Å². The summed E-state index contributed by atoms with van der Waals surface area (Å²) in [6, 6.07) is 20.9. The fourth-order valence-corrected chi connectivity index (χ4v) is 4.88. The number of rotatable bonds is 9. The van der Waals surface area contributed by atoms with Crippen LogP contribution in [0.4, 0.5) is 4.39 Å². The maximum Gasteiger partial charge on any atom is 0.253 e. The van der Waals surface area contributed by atoms with Crippen LogP contribution in [0.25, 0.3) is 10.9 Å². The van der Waals surface area contributed by atoms with Gasteiger partial charge in [0.2, 0.25) is 0 Å². The molecule has 10 heteroatoms. The lowest BCUT2D eigenvalue weighted by Gasteiger charge is -2.30. The van der Waals surface area contributed by atoms with Gasteiger partial charge in [0, 0.05) is 30.0 Å². The van der Waals surface area contributed by atoms with Crippen LogP contribution < -0.4 is 5.56 Å². The van der Waals surface area contributed by atoms with Crippen molar-refractivity contribution in [3.05, 3.63) is 141 Å². The van der Waals surface area contributed by atoms with E-state index in [-0.39, 0.29) is 11.4 Å². The third-order valence-electron chi connectivity index (χ3n) is 6.79. The molecule has 6 aromatic rings. The molecule has 1 atom stereocenters. The van der Waals surface area contributed by atoms with Gasteiger partial charge in [0.05, 0.1) is 19.4 Å². The molecule has 0 spiro atoms. The van der Waals surface area contributed by atoms with Crippen molar-refractivity contribution in [2.24, 2.45) is 0 Å². The number of tetrazole rings is 1. The van der Waals surface area contributed by atoms with E-state index in [1.54, 1.807) is 35.5 Å². The van der Waals surface area contributed by atoms with Gasteiger partial charge in [0.15, 0.2) is 5.82 Å². The number of hydrogen-bond acceptors (Lipinski definition) is 7. The number of aryl methyl sites for hydroxylation is 1. The highest BCUT2D eigenvalue weighted by Gasteiger charge is 2.31. The lowest BCUT2D eigenvalue weighted by Crippen LogP contribution is -2.35. The van der Waals surface area contributed by atoms with Crippen molar-refractivity contribution in [2.75, 3.05) is 0 Å². The fraction of sp³-hybridized carbons (Fsp3) is 0.167. The Morgan fingerprint density at radius 2 is 1.90 bits per heavy atom. The fourth-order valence-electron chi connectivity index (χ4n) is 4.88. The summed E-state index contributed by atoms with van der Waals surface area (Å²) in [7, 11) is 0. The molecule has 0 aliphatic heterocycles. The number of nitrogens with one attached hydrogen (secondary N) is 1. The smallest absolute Gasteiger partial charge is 0.253 e. The first-order chi connectivity index (χ1) is 19.5. The zero-order valence-corrected chi connectivity index (χ0v) is 21.7. The van der Waals surface area contributed by atoms with E-state index in [1.165, 1.54) is 12.1 Å². The molecule has 2 aromatic carbocycles. The quantitative estimate of drug-likeness (QED) is 0.284. The van der Waals surface area contributed by atoms with E-state index in [9.17, 15) is 9.18 Å². The van der Waals surface area contributed by atoms with Gasteiger partial charge in [-0.05, 0) is 81.9 Å². The number of furan rings is 1. The molecule has 1 N–H and O–H groups in total. The van der Waals surface area contributed by atoms with Crippen molar-refractivity contribution in [3.63, 3.8) is 0 Å². The van der Waals surface area contributed by atoms with Crippen LogP contribution >= 0.6 is 0 Å². The van der Waals surface area contributed by atoms with Crippen molar-refractivity contribution in [1.29, 1.82) is 0 Å². The number of aromatic nitrogens is 6. The van der Waals surface area contributed by atoms with Crippen LogP contribution in [0, 0.1) is 12.7 Å². The molecule has 0 aliphatic rings. The third-order valence-corrected chi connectivity index (χ3v) is 6.79. The number of halogens is 1. The minimum Gasteiger partial charge on any atom is -0.468 e. The second-order valence-electron chi connectivity index (χ2n) is 9.71. The third kappa shape index (κ3) is 5.43. The summed E-state index contributed by atoms with van der Waals surface area (Å²) in [5.74, 6) is 0.869. The first-order valence-corrected chi connectivity index (χ1v) is 12.8. The average Bonchev–Trinajstić information content (AvgIpc) is 3.63. The van der Waals surface area contributed by atoms with Gasteiger partial charge in [-0.3, -0.25) is 14.7 Å². The molecule has 200 valence electrons. The zero-order chi connectivity index (χ0) is 27.5. The molecule has 4 heterocycles. The van der Waals surface area contributed by atoms with Gasteiger partial charge in [-0.1, -0.05) is 30.3 Å². The molecular formula is C30H26FN7O2. The second kappa shape index (κ2) is 11.0. The maximum absolute atomic E-state index is 13.7. The SMILES string of the molecule is Cc1ccc2cc([C@@H](c3nnnn3Cc3ccc(F)cc3)N(Cc3cccnc3)Cc3ccco3)c(=O)[nH]c2c1. The van der Waals surface area contributed by atoms with E-state index in [4.69, 9.17) is 4.42 Å². The molecule has 9 nitrogen and oxygen atoms in total. The molecule has 6 rings (SSSR count). The topological polar surface area (TPSA) is 106 Å². The normalized spacial score (nSPS) is 12.3. The van der Waals surface area contributed by atoms with Gasteiger partial charge in [0.1, 0.15) is 17.6 Å². The Morgan fingerprint density at radius 3 is 2.67 bits per heavy atom. The van der Waals surface area contributed by atoms with Crippen molar-refractivity contribution in [1.82, 2.24) is 35.1 Å². The van der Waals surface area contributed by atoms with Gasteiger partial charge in [-0.2, -0.15) is 0 Å². The standard InChI is InChI=1S/C30H26FN7O2/c1-20-6-9-23-15-26(30(39)33-27(23)14-20)28(29-34-35-36-38(29)18-21-7-10-24(31)11-8-21)37(19-25-5-3-13-40-25)17-22-4-2-12-32-16-22/h2-16,28H,17-19H2,1H3,(H,33,39)/t28-/m0/s1. The average molecular weight is 536 g/mol. The highest BCUT2D eigenvalue weighted by atomic mass is 19.1. The molecule has 0 fully saturated rings. The monoisotopic (exact) mass is 535 g/mol. The summed E-state index contributed by atoms with van der Waals surface area (Å²) in [5, 5.41) is 13.6. The molecule has 0 saturated heterocycles. The zero-order valence-electron chi connectivity index (χ0n) is 21.7. The van der Waals surface area contributed by atoms with E-state index in [1.807, 2.05) is 55.5 Å². The Morgan fingerprint density at radius 1 is 1.02 bits per heavy atom. The van der Waals surface area contributed by atoms with E-state index in [0.717, 1.165) is 33.4 Å². The molecular weight excluding hydrogens is 509 g/mol. The van der Waals surface area contributed by atoms with E-state index < -0.39 is 6.04 Å². The molecule has 0 saturated carbocycles. The first kappa shape index (κ1) is 25.3. The highest BCUT2D eigenvalue weighted by molar-refractivity contribution is 5.79. The summed E-state index contributed by atoms with van der Waals surface area (Å²) in [4.78, 5) is 23.1. The van der Waals surface area contributed by atoms with Gasteiger partial charge >= 0.3 is 0 Å². The van der Waals surface area contributed by atoms with Gasteiger partial charge < -0.3 is 9.40 Å². The molecule has 4 aromatic heterocycles. The predicted molar refractivity (Wildman–Crippen MR) is 147 cm³/mol. The Labute approximate surface area is 228 Å². The van der Waals surface area contributed by atoms with Crippen LogP contribution in [0.3, 0.4) is 0 Å². The summed E-state index contributed by atoms with van der Waals surface area (Å²) in [5.41, 5.74) is 3.82. The number of benzene rings is 2. The summed E-state index contributed by atoms with van der Waals surface area (Å²) in [6.45, 7) is 3.09. The molecule has 0 bridgehead atoms. The number of fused-ring (bicyclic) bond motifs is 1. The highest BCUT2D eigenvalue weighted by Crippen LogP contribution is 2.30. The van der Waals surface area contributed by atoms with Crippen LogP contribution in [0.5, 0.6) is 0 Å².